The molecule has 11 nitrogen and oxygen atoms in total. The molecule has 0 spiro atoms. The molecule has 0 radical (unpaired) electrons. The lowest BCUT2D eigenvalue weighted by Crippen LogP contribution is -2.29. The molecule has 212 valence electrons. The second kappa shape index (κ2) is 11.4. The third kappa shape index (κ3) is 5.17. The highest BCUT2D eigenvalue weighted by Gasteiger charge is 2.48. The predicted octanol–water partition coefficient (Wildman–Crippen LogP) is 5.79. The van der Waals surface area contributed by atoms with Gasteiger partial charge in [-0.25, -0.2) is 0 Å². The molecule has 1 fully saturated rings. The lowest BCUT2D eigenvalue weighted by atomic mass is 9.95. The number of nitrogens with zero attached hydrogens (tertiary/aromatic N) is 4. The molecular weight excluding hydrogens is 604 g/mol. The van der Waals surface area contributed by atoms with Crippen molar-refractivity contribution in [3.63, 3.8) is 0 Å². The van der Waals surface area contributed by atoms with Gasteiger partial charge in [-0.15, -0.1) is 10.2 Å². The fourth-order valence-corrected chi connectivity index (χ4v) is 6.74. The lowest BCUT2D eigenvalue weighted by Gasteiger charge is -2.23. The van der Waals surface area contributed by atoms with Gasteiger partial charge in [0.1, 0.15) is 19.0 Å². The number of nitro groups is 1. The Kier molecular flexibility index (Phi) is 7.54. The first-order valence-corrected chi connectivity index (χ1v) is 14.6. The molecule has 1 amide bonds. The molecule has 1 saturated heterocycles. The van der Waals surface area contributed by atoms with Crippen LogP contribution in [0, 0.1) is 10.1 Å². The van der Waals surface area contributed by atoms with Crippen LogP contribution in [0.15, 0.2) is 76.6 Å². The third-order valence-electron chi connectivity index (χ3n) is 6.59. The molecule has 3 aromatic carbocycles. The van der Waals surface area contributed by atoms with Gasteiger partial charge in [0, 0.05) is 28.5 Å². The minimum Gasteiger partial charge on any atom is -0.507 e. The number of ether oxygens (including phenoxy) is 2. The number of amides is 1. The van der Waals surface area contributed by atoms with Crippen molar-refractivity contribution in [2.45, 2.75) is 16.1 Å². The van der Waals surface area contributed by atoms with Gasteiger partial charge in [0.15, 0.2) is 15.8 Å². The molecular formula is C28H19ClN4O7S2. The number of aromatic nitrogens is 2. The number of thioether (sulfide) groups is 1. The van der Waals surface area contributed by atoms with E-state index in [1.165, 1.54) is 42.1 Å². The molecule has 1 N–H and O–H groups in total. The number of Topliss-reactive ketones (excluding diaryl/α,β-unsaturated/α-hetero) is 1. The molecule has 6 rings (SSSR count). The zero-order chi connectivity index (χ0) is 29.4. The van der Waals surface area contributed by atoms with E-state index in [-0.39, 0.29) is 22.0 Å². The minimum absolute atomic E-state index is 0.128. The van der Waals surface area contributed by atoms with Gasteiger partial charge in [0.25, 0.3) is 11.5 Å². The summed E-state index contributed by atoms with van der Waals surface area (Å²) in [6.07, 6.45) is 0. The van der Waals surface area contributed by atoms with Crippen molar-refractivity contribution in [3.8, 4) is 11.5 Å². The van der Waals surface area contributed by atoms with Gasteiger partial charge in [-0.3, -0.25) is 24.6 Å². The number of ketones is 1. The molecule has 3 heterocycles. The molecule has 1 atom stereocenters. The summed E-state index contributed by atoms with van der Waals surface area (Å²) in [4.78, 5) is 38.8. The Balaban J connectivity index is 1.40. The number of aliphatic hydroxyl groups excluding tert-OH is 1. The largest absolute Gasteiger partial charge is 0.507 e. The van der Waals surface area contributed by atoms with Crippen molar-refractivity contribution < 1.29 is 29.1 Å². The van der Waals surface area contributed by atoms with Crippen LogP contribution in [0.2, 0.25) is 5.02 Å². The Bertz CT molecular complexity index is 1760. The van der Waals surface area contributed by atoms with Gasteiger partial charge >= 0.3 is 5.91 Å². The fourth-order valence-electron chi connectivity index (χ4n) is 4.58. The van der Waals surface area contributed by atoms with Crippen LogP contribution in [0.3, 0.4) is 0 Å². The number of carbonyl (C=O) groups excluding carboxylic acids is 2. The summed E-state index contributed by atoms with van der Waals surface area (Å²) >= 11 is 8.73. The van der Waals surface area contributed by atoms with E-state index in [2.05, 4.69) is 10.2 Å². The van der Waals surface area contributed by atoms with Crippen molar-refractivity contribution in [1.29, 1.82) is 0 Å². The Hall–Kier alpha value is -4.46. The minimum atomic E-state index is -1.13. The van der Waals surface area contributed by atoms with Crippen molar-refractivity contribution >= 4 is 63.0 Å². The highest BCUT2D eigenvalue weighted by atomic mass is 35.5. The lowest BCUT2D eigenvalue weighted by molar-refractivity contribution is -0.384. The standard InChI is InChI=1S/C28H19ClN4O7S2/c29-19-4-2-1-3-17(19)14-41-28-31-30-27(42-28)32-23(15-5-8-18(9-6-15)33(37)38)22(25(35)26(32)36)24(34)16-7-10-20-21(13-16)40-12-11-39-20/h1-10,13,23,34H,11-12,14H2/b24-22+. The summed E-state index contributed by atoms with van der Waals surface area (Å²) in [5.74, 6) is -0.920. The van der Waals surface area contributed by atoms with Crippen LogP contribution in [0.1, 0.15) is 22.7 Å². The number of fused-ring (bicyclic) bond motifs is 1. The van der Waals surface area contributed by atoms with Gasteiger partial charge < -0.3 is 14.6 Å². The van der Waals surface area contributed by atoms with Crippen LogP contribution in [-0.2, 0) is 15.3 Å². The zero-order valence-electron chi connectivity index (χ0n) is 21.4. The number of carbonyl (C=O) groups is 2. The first kappa shape index (κ1) is 27.7. The Morgan fingerprint density at radius 3 is 2.55 bits per heavy atom. The summed E-state index contributed by atoms with van der Waals surface area (Å²) < 4.78 is 11.7. The number of rotatable bonds is 7. The Morgan fingerprint density at radius 2 is 1.81 bits per heavy atom. The molecule has 14 heteroatoms. The van der Waals surface area contributed by atoms with Crippen molar-refractivity contribution in [2.75, 3.05) is 18.1 Å². The third-order valence-corrected chi connectivity index (χ3v) is 9.06. The SMILES string of the molecule is O=C1C(=O)N(c2nnc(SCc3ccccc3Cl)s2)C(c2ccc([N+](=O)[O-])cc2)/C1=C(\O)c1ccc2c(c1)OCCO2. The van der Waals surface area contributed by atoms with Crippen LogP contribution >= 0.6 is 34.7 Å². The van der Waals surface area contributed by atoms with Crippen molar-refractivity contribution in [1.82, 2.24) is 10.2 Å². The van der Waals surface area contributed by atoms with E-state index >= 15 is 0 Å². The van der Waals surface area contributed by atoms with E-state index in [1.807, 2.05) is 18.2 Å². The summed E-state index contributed by atoms with van der Waals surface area (Å²) in [5.41, 5.74) is 1.12. The van der Waals surface area contributed by atoms with E-state index in [4.69, 9.17) is 21.1 Å². The van der Waals surface area contributed by atoms with Gasteiger partial charge in [0.05, 0.1) is 16.5 Å². The van der Waals surface area contributed by atoms with Crippen molar-refractivity contribution in [2.24, 2.45) is 0 Å². The quantitative estimate of drug-likeness (QED) is 0.0511. The molecule has 0 aliphatic carbocycles. The second-order valence-corrected chi connectivity index (χ2v) is 11.7. The summed E-state index contributed by atoms with van der Waals surface area (Å²) in [6.45, 7) is 0.697. The Labute approximate surface area is 251 Å². The number of aliphatic hydroxyl groups is 1. The fraction of sp³-hybridized carbons (Fsp3) is 0.143. The second-order valence-electron chi connectivity index (χ2n) is 9.11. The first-order chi connectivity index (χ1) is 20.3. The topological polar surface area (TPSA) is 145 Å². The normalized spacial score (nSPS) is 17.5. The van der Waals surface area contributed by atoms with E-state index in [0.717, 1.165) is 21.8 Å². The molecule has 0 saturated carbocycles. The molecule has 1 unspecified atom stereocenters. The monoisotopic (exact) mass is 622 g/mol. The number of anilines is 1. The summed E-state index contributed by atoms with van der Waals surface area (Å²) in [6, 6.07) is 16.3. The number of benzene rings is 3. The number of non-ortho nitro benzene ring substituents is 1. The van der Waals surface area contributed by atoms with Crippen LogP contribution in [0.5, 0.6) is 11.5 Å². The molecule has 2 aliphatic heterocycles. The van der Waals surface area contributed by atoms with E-state index in [0.29, 0.717) is 45.4 Å². The molecule has 4 aromatic rings. The average Bonchev–Trinajstić information content (AvgIpc) is 3.57. The first-order valence-electron chi connectivity index (χ1n) is 12.5. The zero-order valence-corrected chi connectivity index (χ0v) is 23.8. The maximum absolute atomic E-state index is 13.5. The maximum Gasteiger partial charge on any atom is 0.301 e. The Morgan fingerprint density at radius 1 is 1.07 bits per heavy atom. The highest BCUT2D eigenvalue weighted by molar-refractivity contribution is 8.00. The van der Waals surface area contributed by atoms with E-state index in [9.17, 15) is 24.8 Å². The van der Waals surface area contributed by atoms with Gasteiger partial charge in [-0.05, 0) is 47.5 Å². The number of nitro benzene ring substituents is 1. The highest BCUT2D eigenvalue weighted by Crippen LogP contribution is 2.45. The summed E-state index contributed by atoms with van der Waals surface area (Å²) in [5, 5.41) is 31.8. The number of halogens is 1. The maximum atomic E-state index is 13.5. The van der Waals surface area contributed by atoms with E-state index < -0.39 is 28.4 Å². The summed E-state index contributed by atoms with van der Waals surface area (Å²) in [7, 11) is 0. The van der Waals surface area contributed by atoms with Gasteiger partial charge in [-0.1, -0.05) is 52.9 Å². The molecule has 2 aliphatic rings. The van der Waals surface area contributed by atoms with Crippen molar-refractivity contribution in [3.05, 3.63) is 104 Å². The molecule has 42 heavy (non-hydrogen) atoms. The van der Waals surface area contributed by atoms with Gasteiger partial charge in [-0.2, -0.15) is 0 Å². The van der Waals surface area contributed by atoms with Crippen LogP contribution < -0.4 is 14.4 Å². The van der Waals surface area contributed by atoms with Crippen LogP contribution in [-0.4, -0.2) is 45.1 Å². The molecule has 1 aromatic heterocycles. The van der Waals surface area contributed by atoms with Gasteiger partial charge in [0.2, 0.25) is 5.13 Å². The predicted molar refractivity (Wildman–Crippen MR) is 156 cm³/mol. The van der Waals surface area contributed by atoms with Crippen LogP contribution in [0.4, 0.5) is 10.8 Å². The number of hydrogen-bond acceptors (Lipinski definition) is 11. The molecule has 0 bridgehead atoms. The number of hydrogen-bond donors (Lipinski definition) is 1. The van der Waals surface area contributed by atoms with Crippen LogP contribution in [0.25, 0.3) is 5.76 Å². The van der Waals surface area contributed by atoms with E-state index in [1.54, 1.807) is 18.2 Å². The smallest absolute Gasteiger partial charge is 0.301 e. The average molecular weight is 623 g/mol.